The highest BCUT2D eigenvalue weighted by atomic mass is 32.1. The maximum absolute atomic E-state index is 9.26. The molecule has 0 saturated heterocycles. The number of aryl methyl sites for hydroxylation is 1. The lowest BCUT2D eigenvalue weighted by Gasteiger charge is -2.06. The zero-order valence-electron chi connectivity index (χ0n) is 16.0. The van der Waals surface area contributed by atoms with E-state index in [1.807, 2.05) is 31.2 Å². The van der Waals surface area contributed by atoms with E-state index in [0.29, 0.717) is 5.82 Å². The minimum Gasteiger partial charge on any atom is -0.496 e. The zero-order valence-corrected chi connectivity index (χ0v) is 17.7. The Balaban J connectivity index is 1.56. The van der Waals surface area contributed by atoms with Crippen LogP contribution in [0, 0.1) is 6.92 Å². The Kier molecular flexibility index (Phi) is 5.84. The van der Waals surface area contributed by atoms with Gasteiger partial charge in [-0.15, -0.1) is 22.7 Å². The second kappa shape index (κ2) is 8.69. The predicted molar refractivity (Wildman–Crippen MR) is 119 cm³/mol. The van der Waals surface area contributed by atoms with E-state index in [4.69, 9.17) is 4.74 Å². The number of anilines is 1. The summed E-state index contributed by atoms with van der Waals surface area (Å²) in [4.78, 5) is 12.8. The summed E-state index contributed by atoms with van der Waals surface area (Å²) >= 11 is 3.17. The highest BCUT2D eigenvalue weighted by Gasteiger charge is 2.11. The van der Waals surface area contributed by atoms with Gasteiger partial charge in [0.2, 0.25) is 0 Å². The highest BCUT2D eigenvalue weighted by molar-refractivity contribution is 7.18. The van der Waals surface area contributed by atoms with E-state index < -0.39 is 0 Å². The fraction of sp³-hybridized carbons (Fsp3) is 0.190. The molecule has 6 nitrogen and oxygen atoms in total. The molecule has 0 amide bonds. The number of aromatic nitrogens is 2. The number of thiophene rings is 2. The van der Waals surface area contributed by atoms with Crippen molar-refractivity contribution in [1.82, 2.24) is 9.97 Å². The number of aliphatic hydroxyl groups excluding tert-OH is 1. The topological polar surface area (TPSA) is 79.6 Å². The molecule has 0 aliphatic rings. The Morgan fingerprint density at radius 1 is 1.17 bits per heavy atom. The van der Waals surface area contributed by atoms with E-state index in [2.05, 4.69) is 32.6 Å². The third-order valence-corrected chi connectivity index (χ3v) is 6.65. The summed E-state index contributed by atoms with van der Waals surface area (Å²) in [6, 6.07) is 12.1. The van der Waals surface area contributed by atoms with Gasteiger partial charge in [-0.25, -0.2) is 9.97 Å². The lowest BCUT2D eigenvalue weighted by molar-refractivity contribution is 0.285. The van der Waals surface area contributed by atoms with Crippen LogP contribution in [-0.2, 0) is 13.0 Å². The molecule has 0 unspecified atom stereocenters. The first-order valence-electron chi connectivity index (χ1n) is 9.02. The molecule has 3 heterocycles. The van der Waals surface area contributed by atoms with Gasteiger partial charge >= 0.3 is 0 Å². The number of nitrogens with one attached hydrogen (secondary N) is 1. The second-order valence-electron chi connectivity index (χ2n) is 6.43. The summed E-state index contributed by atoms with van der Waals surface area (Å²) in [6.07, 6.45) is 4.07. The van der Waals surface area contributed by atoms with Gasteiger partial charge in [-0.05, 0) is 36.2 Å². The van der Waals surface area contributed by atoms with Crippen molar-refractivity contribution in [2.24, 2.45) is 5.10 Å². The lowest BCUT2D eigenvalue weighted by atomic mass is 10.1. The molecule has 29 heavy (non-hydrogen) atoms. The minimum atomic E-state index is 0.0448. The second-order valence-corrected chi connectivity index (χ2v) is 8.71. The number of para-hydroxylation sites is 1. The molecule has 0 aliphatic carbocycles. The fourth-order valence-corrected chi connectivity index (χ4v) is 4.97. The number of benzene rings is 1. The molecule has 3 aromatic heterocycles. The Bertz CT molecular complexity index is 1170. The summed E-state index contributed by atoms with van der Waals surface area (Å²) in [5, 5.41) is 14.5. The number of hydrazone groups is 1. The number of hydrogen-bond donors (Lipinski definition) is 2. The number of methoxy groups -OCH3 is 1. The van der Waals surface area contributed by atoms with Crippen molar-refractivity contribution in [1.29, 1.82) is 0 Å². The normalized spacial score (nSPS) is 11.4. The number of aliphatic hydroxyl groups is 1. The van der Waals surface area contributed by atoms with Crippen LogP contribution in [0.2, 0.25) is 0 Å². The van der Waals surface area contributed by atoms with Crippen LogP contribution in [-0.4, -0.2) is 28.4 Å². The molecule has 4 rings (SSSR count). The van der Waals surface area contributed by atoms with Crippen LogP contribution < -0.4 is 10.2 Å². The first-order valence-corrected chi connectivity index (χ1v) is 10.7. The first kappa shape index (κ1) is 19.5. The SMILES string of the molecule is COc1ccccc1Cc1cc2c(N/N=C/c3sc(CO)cc3C)ncnc2s1. The molecule has 0 atom stereocenters. The average molecular weight is 425 g/mol. The number of nitrogens with zero attached hydrogens (tertiary/aromatic N) is 3. The molecule has 1 aromatic carbocycles. The maximum atomic E-state index is 9.26. The van der Waals surface area contributed by atoms with Crippen LogP contribution in [0.4, 0.5) is 5.82 Å². The Labute approximate surface area is 176 Å². The van der Waals surface area contributed by atoms with E-state index in [1.165, 1.54) is 16.2 Å². The predicted octanol–water partition coefficient (Wildman–Crippen LogP) is 4.60. The summed E-state index contributed by atoms with van der Waals surface area (Å²) in [6.45, 7) is 2.05. The number of fused-ring (bicyclic) bond motifs is 1. The minimum absolute atomic E-state index is 0.0448. The Morgan fingerprint density at radius 2 is 2.03 bits per heavy atom. The molecular formula is C21H20N4O2S2. The Hall–Kier alpha value is -2.81. The first-order chi connectivity index (χ1) is 14.2. The van der Waals surface area contributed by atoms with Gasteiger partial charge in [0.25, 0.3) is 0 Å². The average Bonchev–Trinajstić information content (AvgIpc) is 3.31. The molecule has 0 bridgehead atoms. The number of rotatable bonds is 7. The van der Waals surface area contributed by atoms with Crippen LogP contribution in [0.3, 0.4) is 0 Å². The van der Waals surface area contributed by atoms with Gasteiger partial charge in [0.15, 0.2) is 5.82 Å². The summed E-state index contributed by atoms with van der Waals surface area (Å²) in [5.74, 6) is 1.55. The third-order valence-electron chi connectivity index (χ3n) is 4.45. The molecular weight excluding hydrogens is 404 g/mol. The maximum Gasteiger partial charge on any atom is 0.158 e. The number of ether oxygens (including phenoxy) is 1. The highest BCUT2D eigenvalue weighted by Crippen LogP contribution is 2.31. The monoisotopic (exact) mass is 424 g/mol. The van der Waals surface area contributed by atoms with E-state index >= 15 is 0 Å². The largest absolute Gasteiger partial charge is 0.496 e. The Morgan fingerprint density at radius 3 is 2.83 bits per heavy atom. The quantitative estimate of drug-likeness (QED) is 0.335. The smallest absolute Gasteiger partial charge is 0.158 e. The molecule has 0 spiro atoms. The van der Waals surface area contributed by atoms with Crippen molar-refractivity contribution in [2.75, 3.05) is 12.5 Å². The van der Waals surface area contributed by atoms with Crippen LogP contribution in [0.1, 0.15) is 25.8 Å². The van der Waals surface area contributed by atoms with E-state index in [-0.39, 0.29) is 6.61 Å². The van der Waals surface area contributed by atoms with Crippen molar-refractivity contribution >= 4 is 44.9 Å². The molecule has 0 aliphatic heterocycles. The summed E-state index contributed by atoms with van der Waals surface area (Å²) in [7, 11) is 1.69. The van der Waals surface area contributed by atoms with Crippen molar-refractivity contribution in [3.8, 4) is 5.75 Å². The van der Waals surface area contributed by atoms with Gasteiger partial charge in [0.05, 0.1) is 30.2 Å². The van der Waals surface area contributed by atoms with E-state index in [9.17, 15) is 5.11 Å². The molecule has 0 saturated carbocycles. The summed E-state index contributed by atoms with van der Waals surface area (Å²) in [5.41, 5.74) is 5.26. The van der Waals surface area contributed by atoms with Gasteiger partial charge in [0, 0.05) is 16.2 Å². The van der Waals surface area contributed by atoms with E-state index in [1.54, 1.807) is 31.0 Å². The molecule has 8 heteroatoms. The van der Waals surface area contributed by atoms with Gasteiger partial charge in [0.1, 0.15) is 16.9 Å². The fourth-order valence-electron chi connectivity index (χ4n) is 3.04. The number of hydrogen-bond acceptors (Lipinski definition) is 8. The molecule has 4 aromatic rings. The van der Waals surface area contributed by atoms with Crippen LogP contribution in [0.25, 0.3) is 10.2 Å². The molecule has 2 N–H and O–H groups in total. The van der Waals surface area contributed by atoms with E-state index in [0.717, 1.165) is 43.3 Å². The third kappa shape index (κ3) is 4.29. The molecule has 148 valence electrons. The van der Waals surface area contributed by atoms with Crippen molar-refractivity contribution in [3.63, 3.8) is 0 Å². The van der Waals surface area contributed by atoms with Gasteiger partial charge in [-0.1, -0.05) is 18.2 Å². The van der Waals surface area contributed by atoms with Gasteiger partial charge < -0.3 is 9.84 Å². The lowest BCUT2D eigenvalue weighted by Crippen LogP contribution is -1.94. The summed E-state index contributed by atoms with van der Waals surface area (Å²) < 4.78 is 5.46. The van der Waals surface area contributed by atoms with Crippen molar-refractivity contribution < 1.29 is 9.84 Å². The van der Waals surface area contributed by atoms with Crippen molar-refractivity contribution in [2.45, 2.75) is 20.0 Å². The van der Waals surface area contributed by atoms with Gasteiger partial charge in [-0.2, -0.15) is 5.10 Å². The standard InChI is InChI=1S/C21H20N4O2S2/c1-13-7-16(11-26)28-19(13)10-24-25-20-17-9-15(29-21(17)23-12-22-20)8-14-5-3-4-6-18(14)27-2/h3-7,9-10,12,26H,8,11H2,1-2H3,(H,22,23,25)/b24-10+. The van der Waals surface area contributed by atoms with Crippen LogP contribution in [0.5, 0.6) is 5.75 Å². The zero-order chi connectivity index (χ0) is 20.2. The van der Waals surface area contributed by atoms with Crippen molar-refractivity contribution in [3.05, 3.63) is 68.5 Å². The van der Waals surface area contributed by atoms with Gasteiger partial charge in [-0.3, -0.25) is 5.43 Å². The molecule has 0 fully saturated rings. The van der Waals surface area contributed by atoms with Crippen LogP contribution >= 0.6 is 22.7 Å². The molecule has 0 radical (unpaired) electrons. The van der Waals surface area contributed by atoms with Crippen LogP contribution in [0.15, 0.2) is 47.8 Å².